The van der Waals surface area contributed by atoms with Gasteiger partial charge in [0.25, 0.3) is 0 Å². The van der Waals surface area contributed by atoms with E-state index in [1.54, 1.807) is 36.4 Å². The fourth-order valence-corrected chi connectivity index (χ4v) is 3.49. The summed E-state index contributed by atoms with van der Waals surface area (Å²) in [5, 5.41) is 2.62. The molecule has 0 fully saturated rings. The number of anilines is 1. The highest BCUT2D eigenvalue weighted by Gasteiger charge is 2.38. The van der Waals surface area contributed by atoms with Crippen molar-refractivity contribution in [1.82, 2.24) is 14.5 Å². The molecule has 0 aliphatic carbocycles. The molecular formula is C23H15F3N4O2. The van der Waals surface area contributed by atoms with Crippen LogP contribution in [-0.2, 0) is 17.5 Å². The number of carbonyl (C=O) groups is 1. The molecule has 0 saturated carbocycles. The molecule has 0 radical (unpaired) electrons. The summed E-state index contributed by atoms with van der Waals surface area (Å²) in [6, 6.07) is 20.2. The molecule has 0 aliphatic heterocycles. The topological polar surface area (TPSA) is 73.0 Å². The number of hydrogen-bond donors (Lipinski definition) is 1. The minimum atomic E-state index is -4.68. The van der Waals surface area contributed by atoms with Crippen molar-refractivity contribution in [2.45, 2.75) is 12.7 Å². The van der Waals surface area contributed by atoms with Crippen LogP contribution >= 0.6 is 0 Å². The number of benzene rings is 3. The number of fused-ring (bicyclic) bond motifs is 2. The van der Waals surface area contributed by atoms with Gasteiger partial charge in [-0.25, -0.2) is 9.97 Å². The Morgan fingerprint density at radius 3 is 2.31 bits per heavy atom. The fraction of sp³-hybridized carbons (Fsp3) is 0.0870. The second-order valence-corrected chi connectivity index (χ2v) is 7.12. The number of imidazole rings is 1. The normalized spacial score (nSPS) is 11.8. The van der Waals surface area contributed by atoms with E-state index in [-0.39, 0.29) is 11.0 Å². The van der Waals surface area contributed by atoms with Gasteiger partial charge in [-0.15, -0.1) is 0 Å². The van der Waals surface area contributed by atoms with E-state index in [9.17, 15) is 18.0 Å². The number of alkyl halides is 3. The third kappa shape index (κ3) is 3.68. The Morgan fingerprint density at radius 1 is 0.906 bits per heavy atom. The van der Waals surface area contributed by atoms with Crippen LogP contribution in [0.3, 0.4) is 0 Å². The number of rotatable bonds is 4. The number of carbonyl (C=O) groups excluding carboxylic acids is 1. The van der Waals surface area contributed by atoms with Gasteiger partial charge in [0.15, 0.2) is 5.58 Å². The molecule has 6 nitrogen and oxygen atoms in total. The summed E-state index contributed by atoms with van der Waals surface area (Å²) in [5.74, 6) is -1.28. The number of hydrogen-bond acceptors (Lipinski definition) is 4. The minimum absolute atomic E-state index is 0.176. The van der Waals surface area contributed by atoms with Crippen molar-refractivity contribution in [2.75, 3.05) is 5.32 Å². The Labute approximate surface area is 179 Å². The lowest BCUT2D eigenvalue weighted by Crippen LogP contribution is -2.23. The molecule has 2 aromatic heterocycles. The second kappa shape index (κ2) is 7.52. The van der Waals surface area contributed by atoms with Crippen LogP contribution in [0.4, 0.5) is 18.9 Å². The molecule has 160 valence electrons. The average molecular weight is 436 g/mol. The van der Waals surface area contributed by atoms with E-state index in [0.29, 0.717) is 22.7 Å². The fourth-order valence-electron chi connectivity index (χ4n) is 3.49. The van der Waals surface area contributed by atoms with Crippen molar-refractivity contribution < 1.29 is 22.4 Å². The predicted molar refractivity (Wildman–Crippen MR) is 113 cm³/mol. The average Bonchev–Trinajstić information content (AvgIpc) is 3.36. The first-order valence-corrected chi connectivity index (χ1v) is 9.67. The lowest BCUT2D eigenvalue weighted by molar-refractivity contribution is -0.147. The highest BCUT2D eigenvalue weighted by Crippen LogP contribution is 2.31. The minimum Gasteiger partial charge on any atom is -0.436 e. The van der Waals surface area contributed by atoms with Crippen molar-refractivity contribution in [3.05, 3.63) is 78.6 Å². The maximum atomic E-state index is 13.4. The van der Waals surface area contributed by atoms with Crippen LogP contribution in [0.1, 0.15) is 5.82 Å². The molecule has 1 N–H and O–H groups in total. The summed E-state index contributed by atoms with van der Waals surface area (Å²) >= 11 is 0. The van der Waals surface area contributed by atoms with Gasteiger partial charge in [0, 0.05) is 11.3 Å². The molecule has 0 bridgehead atoms. The van der Waals surface area contributed by atoms with Crippen LogP contribution < -0.4 is 5.32 Å². The Morgan fingerprint density at radius 2 is 1.59 bits per heavy atom. The van der Waals surface area contributed by atoms with Gasteiger partial charge in [-0.05, 0) is 48.5 Å². The molecule has 0 saturated heterocycles. The Bertz CT molecular complexity index is 1400. The second-order valence-electron chi connectivity index (χ2n) is 7.12. The number of aromatic nitrogens is 3. The maximum absolute atomic E-state index is 13.4. The van der Waals surface area contributed by atoms with E-state index in [1.807, 2.05) is 24.3 Å². The predicted octanol–water partition coefficient (Wildman–Crippen LogP) is 5.50. The molecule has 5 aromatic rings. The Balaban J connectivity index is 1.36. The van der Waals surface area contributed by atoms with Crippen molar-refractivity contribution in [1.29, 1.82) is 0 Å². The van der Waals surface area contributed by atoms with E-state index in [4.69, 9.17) is 4.42 Å². The van der Waals surface area contributed by atoms with Gasteiger partial charge in [0.1, 0.15) is 12.1 Å². The molecular weight excluding hydrogens is 421 g/mol. The lowest BCUT2D eigenvalue weighted by Gasteiger charge is -2.12. The van der Waals surface area contributed by atoms with Gasteiger partial charge in [-0.1, -0.05) is 24.3 Å². The molecule has 0 unspecified atom stereocenters. The van der Waals surface area contributed by atoms with E-state index < -0.39 is 24.5 Å². The summed E-state index contributed by atoms with van der Waals surface area (Å²) in [5.41, 5.74) is 2.95. The zero-order valence-corrected chi connectivity index (χ0v) is 16.4. The highest BCUT2D eigenvalue weighted by atomic mass is 19.4. The molecule has 2 heterocycles. The van der Waals surface area contributed by atoms with Crippen LogP contribution in [0.5, 0.6) is 0 Å². The number of nitrogens with zero attached hydrogens (tertiary/aromatic N) is 3. The first-order valence-electron chi connectivity index (χ1n) is 9.67. The summed E-state index contributed by atoms with van der Waals surface area (Å²) in [6.45, 7) is -0.526. The monoisotopic (exact) mass is 436 g/mol. The molecule has 1 amide bonds. The molecule has 32 heavy (non-hydrogen) atoms. The standard InChI is InChI=1S/C23H15F3N4O2/c24-23(25,26)22-29-16-5-1-3-7-18(16)30(22)13-20(31)27-15-11-9-14(10-12-15)21-28-17-6-2-4-8-19(17)32-21/h1-12H,13H2,(H,27,31). The lowest BCUT2D eigenvalue weighted by atomic mass is 10.2. The van der Waals surface area contributed by atoms with Crippen LogP contribution in [-0.4, -0.2) is 20.4 Å². The summed E-state index contributed by atoms with van der Waals surface area (Å²) in [4.78, 5) is 20.6. The SMILES string of the molecule is O=C(Cn1c(C(F)(F)F)nc2ccccc21)Nc1ccc(-c2nc3ccccc3o2)cc1. The van der Waals surface area contributed by atoms with Gasteiger partial charge in [-0.2, -0.15) is 13.2 Å². The van der Waals surface area contributed by atoms with Crippen molar-refractivity contribution in [2.24, 2.45) is 0 Å². The maximum Gasteiger partial charge on any atom is 0.449 e. The van der Waals surface area contributed by atoms with Gasteiger partial charge >= 0.3 is 6.18 Å². The highest BCUT2D eigenvalue weighted by molar-refractivity contribution is 5.92. The summed E-state index contributed by atoms with van der Waals surface area (Å²) in [6.07, 6.45) is -4.68. The van der Waals surface area contributed by atoms with Crippen molar-refractivity contribution in [3.63, 3.8) is 0 Å². The molecule has 0 spiro atoms. The Kier molecular flexibility index (Phi) is 4.66. The van der Waals surface area contributed by atoms with Crippen LogP contribution in [0.15, 0.2) is 77.2 Å². The zero-order chi connectivity index (χ0) is 22.3. The first kappa shape index (κ1) is 19.8. The van der Waals surface area contributed by atoms with E-state index in [2.05, 4.69) is 15.3 Å². The third-order valence-electron chi connectivity index (χ3n) is 4.92. The Hall–Kier alpha value is -4.14. The van der Waals surface area contributed by atoms with Crippen LogP contribution in [0.2, 0.25) is 0 Å². The molecule has 5 rings (SSSR count). The largest absolute Gasteiger partial charge is 0.449 e. The van der Waals surface area contributed by atoms with Crippen molar-refractivity contribution >= 4 is 33.7 Å². The molecule has 0 atom stereocenters. The quantitative estimate of drug-likeness (QED) is 0.404. The number of amides is 1. The molecule has 0 aliphatic rings. The molecule has 3 aromatic carbocycles. The van der Waals surface area contributed by atoms with Crippen molar-refractivity contribution in [3.8, 4) is 11.5 Å². The molecule has 9 heteroatoms. The number of oxazole rings is 1. The van der Waals surface area contributed by atoms with Crippen LogP contribution in [0.25, 0.3) is 33.6 Å². The van der Waals surface area contributed by atoms with Gasteiger partial charge in [0.2, 0.25) is 17.6 Å². The smallest absolute Gasteiger partial charge is 0.436 e. The zero-order valence-electron chi connectivity index (χ0n) is 16.4. The first-order chi connectivity index (χ1) is 15.4. The third-order valence-corrected chi connectivity index (χ3v) is 4.92. The van der Waals surface area contributed by atoms with Crippen LogP contribution in [0, 0.1) is 0 Å². The van der Waals surface area contributed by atoms with E-state index >= 15 is 0 Å². The van der Waals surface area contributed by atoms with Gasteiger partial charge in [-0.3, -0.25) is 4.79 Å². The van der Waals surface area contributed by atoms with Gasteiger partial charge < -0.3 is 14.3 Å². The van der Waals surface area contributed by atoms with Gasteiger partial charge in [0.05, 0.1) is 11.0 Å². The number of nitrogens with one attached hydrogen (secondary N) is 1. The van der Waals surface area contributed by atoms with E-state index in [1.165, 1.54) is 12.1 Å². The summed E-state index contributed by atoms with van der Waals surface area (Å²) in [7, 11) is 0. The summed E-state index contributed by atoms with van der Waals surface area (Å²) < 4.78 is 46.8. The van der Waals surface area contributed by atoms with E-state index in [0.717, 1.165) is 10.1 Å². The number of para-hydroxylation sites is 4. The number of halogens is 3.